The van der Waals surface area contributed by atoms with E-state index in [1.807, 2.05) is 41.8 Å². The van der Waals surface area contributed by atoms with Crippen LogP contribution in [0.3, 0.4) is 0 Å². The summed E-state index contributed by atoms with van der Waals surface area (Å²) in [5.74, 6) is 0. The van der Waals surface area contributed by atoms with E-state index in [-0.39, 0.29) is 6.54 Å². The lowest BCUT2D eigenvalue weighted by Gasteiger charge is -2.04. The number of thiophene rings is 1. The molecule has 0 saturated carbocycles. The Hall–Kier alpha value is -2.47. The van der Waals surface area contributed by atoms with Gasteiger partial charge in [0, 0.05) is 5.56 Å². The topological polar surface area (TPSA) is 67.5 Å². The lowest BCUT2D eigenvalue weighted by molar-refractivity contribution is -0.403. The number of rotatable bonds is 2. The largest absolute Gasteiger partial charge is 0.351 e. The van der Waals surface area contributed by atoms with Gasteiger partial charge in [-0.1, -0.05) is 30.3 Å². The van der Waals surface area contributed by atoms with E-state index in [9.17, 15) is 10.1 Å². The number of fused-ring (bicyclic) bond motifs is 1. The van der Waals surface area contributed by atoms with Gasteiger partial charge in [-0.15, -0.1) is 11.3 Å². The van der Waals surface area contributed by atoms with Crippen molar-refractivity contribution in [2.75, 3.05) is 11.9 Å². The third kappa shape index (κ3) is 2.46. The van der Waals surface area contributed by atoms with Crippen molar-refractivity contribution in [3.05, 3.63) is 74.2 Å². The van der Waals surface area contributed by atoms with Crippen molar-refractivity contribution in [3.8, 4) is 0 Å². The van der Waals surface area contributed by atoms with Crippen LogP contribution in [0.25, 0.3) is 0 Å². The van der Waals surface area contributed by atoms with Crippen LogP contribution < -0.4 is 5.32 Å². The van der Waals surface area contributed by atoms with Crippen LogP contribution in [0.5, 0.6) is 0 Å². The SMILES string of the molecule is O=[N+]([O-])C=C1CN=C(c2ccccc2)c2sccc2N1. The Morgan fingerprint density at radius 1 is 1.30 bits per heavy atom. The molecule has 2 heterocycles. The van der Waals surface area contributed by atoms with Gasteiger partial charge in [0.15, 0.2) is 0 Å². The van der Waals surface area contributed by atoms with E-state index in [0.29, 0.717) is 5.70 Å². The van der Waals surface area contributed by atoms with Crippen LogP contribution in [0, 0.1) is 10.1 Å². The van der Waals surface area contributed by atoms with Gasteiger partial charge in [-0.05, 0) is 11.4 Å². The molecule has 1 aliphatic heterocycles. The molecule has 0 radical (unpaired) electrons. The van der Waals surface area contributed by atoms with Crippen molar-refractivity contribution >= 4 is 22.7 Å². The lowest BCUT2D eigenvalue weighted by Crippen LogP contribution is -2.03. The fourth-order valence-corrected chi connectivity index (χ4v) is 2.94. The van der Waals surface area contributed by atoms with Gasteiger partial charge in [0.1, 0.15) is 5.70 Å². The Labute approximate surface area is 119 Å². The fourth-order valence-electron chi connectivity index (χ4n) is 2.06. The molecule has 0 fully saturated rings. The number of hydrogen-bond acceptors (Lipinski definition) is 5. The average molecular weight is 285 g/mol. The molecule has 0 spiro atoms. The van der Waals surface area contributed by atoms with Crippen molar-refractivity contribution in [2.45, 2.75) is 0 Å². The van der Waals surface area contributed by atoms with Crippen LogP contribution in [-0.2, 0) is 0 Å². The molecule has 6 heteroatoms. The van der Waals surface area contributed by atoms with E-state index >= 15 is 0 Å². The molecule has 20 heavy (non-hydrogen) atoms. The quantitative estimate of drug-likeness (QED) is 0.681. The number of anilines is 1. The van der Waals surface area contributed by atoms with Crippen LogP contribution >= 0.6 is 11.3 Å². The molecule has 5 nitrogen and oxygen atoms in total. The van der Waals surface area contributed by atoms with E-state index in [1.165, 1.54) is 0 Å². The molecule has 0 bridgehead atoms. The summed E-state index contributed by atoms with van der Waals surface area (Å²) in [7, 11) is 0. The number of nitro groups is 1. The zero-order chi connectivity index (χ0) is 13.9. The van der Waals surface area contributed by atoms with Crippen LogP contribution in [0.1, 0.15) is 10.4 Å². The standard InChI is InChI=1S/C14H11N3O2S/c18-17(19)9-11-8-15-13(10-4-2-1-3-5-10)14-12(16-11)6-7-20-14/h1-7,9,16H,8H2. The first kappa shape index (κ1) is 12.6. The van der Waals surface area contributed by atoms with Gasteiger partial charge >= 0.3 is 0 Å². The molecule has 1 aromatic carbocycles. The first-order valence-corrected chi connectivity index (χ1v) is 6.91. The van der Waals surface area contributed by atoms with E-state index in [1.54, 1.807) is 11.3 Å². The highest BCUT2D eigenvalue weighted by atomic mass is 32.1. The van der Waals surface area contributed by atoms with Crippen LogP contribution in [-0.4, -0.2) is 17.2 Å². The molecular formula is C14H11N3O2S. The maximum absolute atomic E-state index is 10.6. The van der Waals surface area contributed by atoms with Crippen LogP contribution in [0.15, 0.2) is 58.7 Å². The number of hydrogen-bond donors (Lipinski definition) is 1. The van der Waals surface area contributed by atoms with Crippen molar-refractivity contribution < 1.29 is 4.92 Å². The highest BCUT2D eigenvalue weighted by Crippen LogP contribution is 2.29. The smallest absolute Gasteiger partial charge is 0.255 e. The molecule has 1 aliphatic rings. The maximum Gasteiger partial charge on any atom is 0.255 e. The number of aliphatic imine (C=N–C) groups is 1. The minimum atomic E-state index is -0.461. The number of nitrogens with zero attached hydrogens (tertiary/aromatic N) is 2. The Morgan fingerprint density at radius 3 is 2.85 bits per heavy atom. The van der Waals surface area contributed by atoms with Gasteiger partial charge in [-0.25, -0.2) is 0 Å². The van der Waals surface area contributed by atoms with Gasteiger partial charge in [0.2, 0.25) is 0 Å². The summed E-state index contributed by atoms with van der Waals surface area (Å²) in [6.07, 6.45) is 0.971. The Balaban J connectivity index is 2.08. The fraction of sp³-hybridized carbons (Fsp3) is 0.0714. The first-order chi connectivity index (χ1) is 9.74. The summed E-state index contributed by atoms with van der Waals surface area (Å²) >= 11 is 1.57. The summed E-state index contributed by atoms with van der Waals surface area (Å²) < 4.78 is 0. The van der Waals surface area contributed by atoms with E-state index in [0.717, 1.165) is 28.0 Å². The maximum atomic E-state index is 10.6. The van der Waals surface area contributed by atoms with E-state index < -0.39 is 4.92 Å². The average Bonchev–Trinajstić information content (AvgIpc) is 2.81. The monoisotopic (exact) mass is 285 g/mol. The molecule has 0 amide bonds. The normalized spacial score (nSPS) is 16.0. The van der Waals surface area contributed by atoms with Crippen LogP contribution in [0.4, 0.5) is 5.69 Å². The van der Waals surface area contributed by atoms with Crippen LogP contribution in [0.2, 0.25) is 0 Å². The molecule has 2 aromatic rings. The highest BCUT2D eigenvalue weighted by Gasteiger charge is 2.18. The Kier molecular flexibility index (Phi) is 3.30. The highest BCUT2D eigenvalue weighted by molar-refractivity contribution is 7.13. The molecule has 0 aliphatic carbocycles. The Morgan fingerprint density at radius 2 is 2.10 bits per heavy atom. The van der Waals surface area contributed by atoms with Gasteiger partial charge in [-0.3, -0.25) is 15.1 Å². The van der Waals surface area contributed by atoms with Gasteiger partial charge < -0.3 is 5.32 Å². The zero-order valence-corrected chi connectivity index (χ0v) is 11.3. The zero-order valence-electron chi connectivity index (χ0n) is 10.4. The summed E-state index contributed by atoms with van der Waals surface area (Å²) in [5.41, 5.74) is 3.24. The van der Waals surface area contributed by atoms with Crippen molar-refractivity contribution in [1.29, 1.82) is 0 Å². The second-order valence-electron chi connectivity index (χ2n) is 4.26. The molecule has 0 saturated heterocycles. The minimum Gasteiger partial charge on any atom is -0.351 e. The van der Waals surface area contributed by atoms with Crippen molar-refractivity contribution in [1.82, 2.24) is 0 Å². The second kappa shape index (κ2) is 5.26. The summed E-state index contributed by atoms with van der Waals surface area (Å²) in [6, 6.07) is 11.8. The predicted molar refractivity (Wildman–Crippen MR) is 80.0 cm³/mol. The Bertz CT molecular complexity index is 704. The molecule has 0 unspecified atom stereocenters. The molecule has 1 aromatic heterocycles. The number of benzene rings is 1. The predicted octanol–water partition coefficient (Wildman–Crippen LogP) is 3.13. The van der Waals surface area contributed by atoms with Crippen molar-refractivity contribution in [3.63, 3.8) is 0 Å². The molecular weight excluding hydrogens is 274 g/mol. The third-order valence-corrected chi connectivity index (χ3v) is 3.81. The molecule has 0 atom stereocenters. The first-order valence-electron chi connectivity index (χ1n) is 6.03. The summed E-state index contributed by atoms with van der Waals surface area (Å²) in [4.78, 5) is 15.7. The second-order valence-corrected chi connectivity index (χ2v) is 5.18. The summed E-state index contributed by atoms with van der Waals surface area (Å²) in [6.45, 7) is 0.270. The third-order valence-electron chi connectivity index (χ3n) is 2.89. The summed E-state index contributed by atoms with van der Waals surface area (Å²) in [5, 5.41) is 15.7. The van der Waals surface area contributed by atoms with Gasteiger partial charge in [0.05, 0.1) is 27.7 Å². The van der Waals surface area contributed by atoms with Gasteiger partial charge in [-0.2, -0.15) is 0 Å². The lowest BCUT2D eigenvalue weighted by atomic mass is 10.1. The molecule has 1 N–H and O–H groups in total. The van der Waals surface area contributed by atoms with E-state index in [4.69, 9.17) is 0 Å². The number of nitrogens with one attached hydrogen (secondary N) is 1. The van der Waals surface area contributed by atoms with E-state index in [2.05, 4.69) is 10.3 Å². The van der Waals surface area contributed by atoms with Crippen molar-refractivity contribution in [2.24, 2.45) is 4.99 Å². The molecule has 3 rings (SSSR count). The minimum absolute atomic E-state index is 0.270. The van der Waals surface area contributed by atoms with Gasteiger partial charge in [0.25, 0.3) is 6.20 Å². The molecule has 100 valence electrons.